The molecule has 3 aromatic rings. The largest absolute Gasteiger partial charge is 0.394 e. The zero-order chi connectivity index (χ0) is 22.1. The highest BCUT2D eigenvalue weighted by Gasteiger charge is 2.44. The van der Waals surface area contributed by atoms with E-state index in [1.165, 1.54) is 16.5 Å². The van der Waals surface area contributed by atoms with Gasteiger partial charge in [-0.05, 0) is 18.4 Å². The first-order valence-corrected chi connectivity index (χ1v) is 10.4. The van der Waals surface area contributed by atoms with Crippen molar-refractivity contribution >= 4 is 22.9 Å². The molecule has 5 N–H and O–H groups in total. The Hall–Kier alpha value is -2.79. The van der Waals surface area contributed by atoms with Gasteiger partial charge in [-0.1, -0.05) is 37.3 Å². The van der Waals surface area contributed by atoms with Crippen molar-refractivity contribution in [2.45, 2.75) is 44.3 Å². The zero-order valence-electron chi connectivity index (χ0n) is 17.5. The van der Waals surface area contributed by atoms with Crippen LogP contribution < -0.4 is 10.6 Å². The summed E-state index contributed by atoms with van der Waals surface area (Å²) in [7, 11) is 0. The van der Waals surface area contributed by atoms with Crippen LogP contribution in [0.25, 0.3) is 11.2 Å². The summed E-state index contributed by atoms with van der Waals surface area (Å²) in [6.07, 6.45) is -2.85. The van der Waals surface area contributed by atoms with Gasteiger partial charge in [0.25, 0.3) is 0 Å². The molecule has 3 heterocycles. The lowest BCUT2D eigenvalue weighted by Gasteiger charge is -2.25. The molecule has 2 aromatic heterocycles. The number of aromatic nitrogens is 4. The number of aliphatic hydroxyl groups excluding tert-OH is 3. The van der Waals surface area contributed by atoms with Gasteiger partial charge in [-0.2, -0.15) is 9.97 Å². The minimum atomic E-state index is -1.24. The van der Waals surface area contributed by atoms with Crippen molar-refractivity contribution in [1.29, 1.82) is 0 Å². The van der Waals surface area contributed by atoms with Gasteiger partial charge < -0.3 is 30.7 Å². The molecule has 10 heteroatoms. The maximum absolute atomic E-state index is 10.4. The molecule has 1 fully saturated rings. The van der Waals surface area contributed by atoms with Crippen molar-refractivity contribution in [3.63, 3.8) is 0 Å². The third kappa shape index (κ3) is 3.94. The van der Waals surface area contributed by atoms with Crippen LogP contribution in [0.2, 0.25) is 0 Å². The van der Waals surface area contributed by atoms with E-state index in [0.29, 0.717) is 30.2 Å². The lowest BCUT2D eigenvalue weighted by Crippen LogP contribution is -2.33. The molecule has 0 radical (unpaired) electrons. The molecule has 31 heavy (non-hydrogen) atoms. The number of rotatable bonds is 7. The molecule has 10 nitrogen and oxygen atoms in total. The quantitative estimate of drug-likeness (QED) is 0.426. The van der Waals surface area contributed by atoms with E-state index in [2.05, 4.69) is 34.0 Å². The molecule has 0 saturated carbocycles. The average molecular weight is 428 g/mol. The van der Waals surface area contributed by atoms with Crippen molar-refractivity contribution in [2.24, 2.45) is 0 Å². The van der Waals surface area contributed by atoms with E-state index >= 15 is 0 Å². The van der Waals surface area contributed by atoms with E-state index in [1.54, 1.807) is 0 Å². The second kappa shape index (κ2) is 8.75. The number of nitrogens with zero attached hydrogens (tertiary/aromatic N) is 5. The first-order chi connectivity index (χ1) is 14.9. The lowest BCUT2D eigenvalue weighted by atomic mass is 10.0. The fraction of sp³-hybridized carbons (Fsp3) is 0.476. The second-order valence-electron chi connectivity index (χ2n) is 7.81. The van der Waals surface area contributed by atoms with Crippen LogP contribution in [0, 0.1) is 0 Å². The Balaban J connectivity index is 1.67. The fourth-order valence-corrected chi connectivity index (χ4v) is 3.93. The summed E-state index contributed by atoms with van der Waals surface area (Å²) in [5, 5.41) is 29.9. The molecule has 0 bridgehead atoms. The third-order valence-corrected chi connectivity index (χ3v) is 5.76. The zero-order valence-corrected chi connectivity index (χ0v) is 17.5. The summed E-state index contributed by atoms with van der Waals surface area (Å²) in [5.41, 5.74) is 8.16. The van der Waals surface area contributed by atoms with Crippen LogP contribution in [0.5, 0.6) is 0 Å². The van der Waals surface area contributed by atoms with Crippen molar-refractivity contribution < 1.29 is 20.1 Å². The molecule has 1 aromatic carbocycles. The minimum Gasteiger partial charge on any atom is -0.394 e. The number of hydrogen-bond donors (Lipinski definition) is 4. The van der Waals surface area contributed by atoms with E-state index < -0.39 is 31.1 Å². The van der Waals surface area contributed by atoms with Gasteiger partial charge in [0.1, 0.15) is 23.8 Å². The van der Waals surface area contributed by atoms with Gasteiger partial charge in [0, 0.05) is 13.1 Å². The smallest absolute Gasteiger partial charge is 0.229 e. The maximum Gasteiger partial charge on any atom is 0.229 e. The van der Waals surface area contributed by atoms with Crippen LogP contribution >= 0.6 is 0 Å². The van der Waals surface area contributed by atoms with Crippen LogP contribution in [-0.2, 0) is 4.74 Å². The summed E-state index contributed by atoms with van der Waals surface area (Å²) in [6.45, 7) is 5.11. The monoisotopic (exact) mass is 428 g/mol. The number of likely N-dealkylation sites (N-methyl/N-ethyl adjacent to an activating group) is 1. The number of hydrogen-bond acceptors (Lipinski definition) is 9. The summed E-state index contributed by atoms with van der Waals surface area (Å²) >= 11 is 0. The third-order valence-electron chi connectivity index (χ3n) is 5.76. The molecule has 5 atom stereocenters. The molecule has 0 aliphatic carbocycles. The van der Waals surface area contributed by atoms with Crippen LogP contribution in [0.4, 0.5) is 11.8 Å². The normalized spacial score (nSPS) is 24.5. The Morgan fingerprint density at radius 2 is 1.94 bits per heavy atom. The molecule has 1 saturated heterocycles. The number of benzene rings is 1. The van der Waals surface area contributed by atoms with Gasteiger partial charge in [-0.15, -0.1) is 0 Å². The minimum absolute atomic E-state index is 0.219. The molecular formula is C21H28N6O4. The van der Waals surface area contributed by atoms with Gasteiger partial charge >= 0.3 is 0 Å². The fourth-order valence-electron chi connectivity index (χ4n) is 3.93. The lowest BCUT2D eigenvalue weighted by molar-refractivity contribution is -0.0511. The van der Waals surface area contributed by atoms with Crippen LogP contribution in [-0.4, -0.2) is 72.8 Å². The summed E-state index contributed by atoms with van der Waals surface area (Å²) in [6, 6.07) is 10.2. The number of aliphatic hydroxyl groups is 3. The number of nitrogens with two attached hydrogens (primary N) is 1. The molecule has 166 valence electrons. The van der Waals surface area contributed by atoms with Crippen LogP contribution in [0.1, 0.15) is 31.6 Å². The molecular weight excluding hydrogens is 400 g/mol. The Bertz CT molecular complexity index is 1030. The highest BCUT2D eigenvalue weighted by atomic mass is 16.6. The molecule has 1 unspecified atom stereocenters. The Kier molecular flexibility index (Phi) is 6.05. The van der Waals surface area contributed by atoms with Gasteiger partial charge in [0.05, 0.1) is 12.9 Å². The van der Waals surface area contributed by atoms with Gasteiger partial charge in [0.15, 0.2) is 17.7 Å². The van der Waals surface area contributed by atoms with Crippen LogP contribution in [0.3, 0.4) is 0 Å². The standard InChI is InChI=1S/C21H28N6O4/c1-3-26(9-12(2)13-7-5-4-6-8-13)21-24-18(22)15-19(25-21)27(11-23-15)20-17(30)16(29)14(10-28)31-20/h4-8,11-12,14,16-17,20,28-30H,3,9-10H2,1-2H3,(H2,22,24,25)/t12?,14-,16-,17-,20-/m1/s1. The Morgan fingerprint density at radius 3 is 2.58 bits per heavy atom. The van der Waals surface area contributed by atoms with Gasteiger partial charge in [-0.3, -0.25) is 4.57 Å². The summed E-state index contributed by atoms with van der Waals surface area (Å²) < 4.78 is 7.16. The van der Waals surface area contributed by atoms with Crippen molar-refractivity contribution in [2.75, 3.05) is 30.3 Å². The van der Waals surface area contributed by atoms with Crippen LogP contribution in [0.15, 0.2) is 36.7 Å². The van der Waals surface area contributed by atoms with Crippen molar-refractivity contribution in [3.05, 3.63) is 42.2 Å². The van der Waals surface area contributed by atoms with Crippen molar-refractivity contribution in [3.8, 4) is 0 Å². The maximum atomic E-state index is 10.4. The highest BCUT2D eigenvalue weighted by Crippen LogP contribution is 2.32. The van der Waals surface area contributed by atoms with Crippen molar-refractivity contribution in [1.82, 2.24) is 19.5 Å². The van der Waals surface area contributed by atoms with E-state index in [-0.39, 0.29) is 11.7 Å². The molecule has 0 spiro atoms. The number of fused-ring (bicyclic) bond motifs is 1. The first kappa shape index (κ1) is 21.4. The predicted molar refractivity (Wildman–Crippen MR) is 115 cm³/mol. The Labute approximate surface area is 179 Å². The molecule has 0 amide bonds. The van der Waals surface area contributed by atoms with Gasteiger partial charge in [0.2, 0.25) is 5.95 Å². The van der Waals surface area contributed by atoms with E-state index in [9.17, 15) is 15.3 Å². The summed E-state index contributed by atoms with van der Waals surface area (Å²) in [4.78, 5) is 15.4. The number of anilines is 2. The molecule has 1 aliphatic heterocycles. The molecule has 1 aliphatic rings. The van der Waals surface area contributed by atoms with E-state index in [1.807, 2.05) is 30.0 Å². The molecule has 4 rings (SSSR count). The topological polar surface area (TPSA) is 143 Å². The predicted octanol–water partition coefficient (Wildman–Crippen LogP) is 0.650. The Morgan fingerprint density at radius 1 is 1.19 bits per heavy atom. The number of imidazole rings is 1. The van der Waals surface area contributed by atoms with Gasteiger partial charge in [-0.25, -0.2) is 4.98 Å². The van der Waals surface area contributed by atoms with E-state index in [4.69, 9.17) is 10.5 Å². The average Bonchev–Trinajstić information content (AvgIpc) is 3.33. The number of ether oxygens (including phenoxy) is 1. The summed E-state index contributed by atoms with van der Waals surface area (Å²) in [5.74, 6) is 0.909. The number of nitrogen functional groups attached to an aromatic ring is 1. The highest BCUT2D eigenvalue weighted by molar-refractivity contribution is 5.83. The first-order valence-electron chi connectivity index (χ1n) is 10.4. The SMILES string of the molecule is CCN(CC(C)c1ccccc1)c1nc(N)c2ncn([C@@H]3O[C@H](CO)[C@@H](O)[C@H]3O)c2n1. The van der Waals surface area contributed by atoms with E-state index in [0.717, 1.165) is 0 Å². The second-order valence-corrected chi connectivity index (χ2v) is 7.81.